The average Bonchev–Trinajstić information content (AvgIpc) is 3.07. The highest BCUT2D eigenvalue weighted by Crippen LogP contribution is 2.14. The van der Waals surface area contributed by atoms with Crippen molar-refractivity contribution >= 4 is 5.96 Å². The van der Waals surface area contributed by atoms with Crippen molar-refractivity contribution in [2.75, 3.05) is 13.6 Å². The highest BCUT2D eigenvalue weighted by atomic mass is 16.5. The largest absolute Gasteiger partial charge is 0.464 e. The highest BCUT2D eigenvalue weighted by molar-refractivity contribution is 5.79. The molecular weight excluding hydrogens is 274 g/mol. The molecule has 0 radical (unpaired) electrons. The van der Waals surface area contributed by atoms with E-state index in [0.717, 1.165) is 5.76 Å². The molecule has 2 rings (SSSR count). The van der Waals surface area contributed by atoms with Gasteiger partial charge in [-0.05, 0) is 26.0 Å². The first kappa shape index (κ1) is 15.0. The monoisotopic (exact) mass is 293 g/mol. The third kappa shape index (κ3) is 4.32. The van der Waals surface area contributed by atoms with E-state index in [0.29, 0.717) is 30.0 Å². The Bertz CT molecular complexity index is 604. The zero-order valence-corrected chi connectivity index (χ0v) is 12.3. The Kier molecular flexibility index (Phi) is 4.94. The summed E-state index contributed by atoms with van der Waals surface area (Å²) in [5.41, 5.74) is 0. The summed E-state index contributed by atoms with van der Waals surface area (Å²) in [7, 11) is 1.64. The van der Waals surface area contributed by atoms with E-state index in [1.165, 1.54) is 0 Å². The van der Waals surface area contributed by atoms with Crippen molar-refractivity contribution in [1.29, 1.82) is 0 Å². The number of rotatable bonds is 5. The van der Waals surface area contributed by atoms with Crippen LogP contribution < -0.4 is 10.6 Å². The fourth-order valence-electron chi connectivity index (χ4n) is 1.72. The van der Waals surface area contributed by atoms with Crippen LogP contribution in [0.1, 0.15) is 29.3 Å². The molecule has 0 bridgehead atoms. The fourth-order valence-corrected chi connectivity index (χ4v) is 1.72. The van der Waals surface area contributed by atoms with E-state index in [-0.39, 0.29) is 6.54 Å². The molecule has 1 unspecified atom stereocenters. The number of hydrogen-bond donors (Lipinski definition) is 3. The smallest absolute Gasteiger partial charge is 0.246 e. The summed E-state index contributed by atoms with van der Waals surface area (Å²) >= 11 is 0. The van der Waals surface area contributed by atoms with Crippen LogP contribution in [0.25, 0.3) is 0 Å². The molecule has 0 amide bonds. The minimum atomic E-state index is -0.747. The first-order chi connectivity index (χ1) is 10.1. The van der Waals surface area contributed by atoms with Gasteiger partial charge in [0.15, 0.2) is 11.8 Å². The fraction of sp³-hybridized carbons (Fsp3) is 0.462. The lowest BCUT2D eigenvalue weighted by atomic mass is 10.3. The number of aliphatic imine (C=N–C) groups is 1. The van der Waals surface area contributed by atoms with Gasteiger partial charge in [0.1, 0.15) is 17.6 Å². The van der Waals surface area contributed by atoms with E-state index in [1.807, 2.05) is 13.0 Å². The maximum absolute atomic E-state index is 9.99. The van der Waals surface area contributed by atoms with Gasteiger partial charge in [-0.1, -0.05) is 5.16 Å². The Balaban J connectivity index is 1.80. The lowest BCUT2D eigenvalue weighted by molar-refractivity contribution is 0.151. The van der Waals surface area contributed by atoms with Crippen molar-refractivity contribution < 1.29 is 14.0 Å². The maximum Gasteiger partial charge on any atom is 0.246 e. The summed E-state index contributed by atoms with van der Waals surface area (Å²) in [6.45, 7) is 4.21. The van der Waals surface area contributed by atoms with Gasteiger partial charge in [-0.3, -0.25) is 4.99 Å². The van der Waals surface area contributed by atoms with Crippen LogP contribution in [0, 0.1) is 13.8 Å². The summed E-state index contributed by atoms with van der Waals surface area (Å²) in [4.78, 5) is 8.12. The summed E-state index contributed by atoms with van der Waals surface area (Å²) in [6, 6.07) is 3.56. The van der Waals surface area contributed by atoms with Gasteiger partial charge in [0.05, 0.1) is 13.1 Å². The van der Waals surface area contributed by atoms with Crippen molar-refractivity contribution in [2.45, 2.75) is 26.5 Å². The van der Waals surface area contributed by atoms with Crippen molar-refractivity contribution in [3.63, 3.8) is 0 Å². The number of nitrogens with one attached hydrogen (secondary N) is 2. The van der Waals surface area contributed by atoms with Gasteiger partial charge in [0, 0.05) is 7.05 Å². The molecule has 0 fully saturated rings. The summed E-state index contributed by atoms with van der Waals surface area (Å²) in [5, 5.41) is 19.7. The van der Waals surface area contributed by atoms with Crippen molar-refractivity contribution in [2.24, 2.45) is 4.99 Å². The quantitative estimate of drug-likeness (QED) is 0.549. The molecule has 0 saturated carbocycles. The zero-order valence-electron chi connectivity index (χ0n) is 12.3. The predicted molar refractivity (Wildman–Crippen MR) is 75.6 cm³/mol. The molecular formula is C13H19N5O3. The molecule has 2 heterocycles. The van der Waals surface area contributed by atoms with Crippen LogP contribution in [0.5, 0.6) is 0 Å². The Hall–Kier alpha value is -2.35. The first-order valence-electron chi connectivity index (χ1n) is 6.56. The summed E-state index contributed by atoms with van der Waals surface area (Å²) in [5.74, 6) is 2.85. The summed E-state index contributed by atoms with van der Waals surface area (Å²) < 4.78 is 10.3. The van der Waals surface area contributed by atoms with E-state index in [1.54, 1.807) is 20.0 Å². The minimum Gasteiger partial charge on any atom is -0.464 e. The predicted octanol–water partition coefficient (Wildman–Crippen LogP) is 0.678. The average molecular weight is 293 g/mol. The Labute approximate surface area is 122 Å². The second kappa shape index (κ2) is 6.89. The van der Waals surface area contributed by atoms with Gasteiger partial charge in [-0.15, -0.1) is 0 Å². The third-order valence-electron chi connectivity index (χ3n) is 2.75. The molecule has 1 atom stereocenters. The number of aromatic nitrogens is 2. The van der Waals surface area contributed by atoms with Crippen LogP contribution in [-0.4, -0.2) is 34.8 Å². The van der Waals surface area contributed by atoms with Gasteiger partial charge in [0.25, 0.3) is 0 Å². The molecule has 0 spiro atoms. The number of aryl methyl sites for hydroxylation is 2. The molecule has 0 aliphatic rings. The Morgan fingerprint density at radius 1 is 1.38 bits per heavy atom. The van der Waals surface area contributed by atoms with Gasteiger partial charge in [-0.2, -0.15) is 4.98 Å². The van der Waals surface area contributed by atoms with E-state index in [2.05, 4.69) is 25.8 Å². The molecule has 3 N–H and O–H groups in total. The van der Waals surface area contributed by atoms with Crippen molar-refractivity contribution in [1.82, 2.24) is 20.8 Å². The number of hydrogen-bond acceptors (Lipinski definition) is 6. The third-order valence-corrected chi connectivity index (χ3v) is 2.75. The molecule has 2 aromatic rings. The van der Waals surface area contributed by atoms with E-state index >= 15 is 0 Å². The number of furan rings is 1. The van der Waals surface area contributed by atoms with Crippen molar-refractivity contribution in [3.05, 3.63) is 35.4 Å². The molecule has 2 aromatic heterocycles. The Morgan fingerprint density at radius 3 is 2.76 bits per heavy atom. The lowest BCUT2D eigenvalue weighted by Gasteiger charge is -2.13. The van der Waals surface area contributed by atoms with E-state index in [4.69, 9.17) is 8.94 Å². The number of guanidine groups is 1. The standard InChI is InChI=1S/C13H19N5O3/c1-8-4-5-11(20-8)10(19)6-15-13(14-3)16-7-12-17-9(2)18-21-12/h4-5,10,19H,6-7H2,1-3H3,(H2,14,15,16). The molecule has 114 valence electrons. The van der Waals surface area contributed by atoms with Crippen LogP contribution in [0.15, 0.2) is 26.1 Å². The zero-order chi connectivity index (χ0) is 15.2. The molecule has 0 aromatic carbocycles. The number of aliphatic hydroxyl groups is 1. The van der Waals surface area contributed by atoms with Gasteiger partial charge in [0.2, 0.25) is 5.89 Å². The number of aliphatic hydroxyl groups excluding tert-OH is 1. The van der Waals surface area contributed by atoms with Crippen LogP contribution in [0.2, 0.25) is 0 Å². The molecule has 0 aliphatic carbocycles. The molecule has 8 heteroatoms. The van der Waals surface area contributed by atoms with Crippen LogP contribution in [0.4, 0.5) is 0 Å². The second-order valence-electron chi connectivity index (χ2n) is 4.51. The molecule has 0 aliphatic heterocycles. The number of nitrogens with zero attached hydrogens (tertiary/aromatic N) is 3. The molecule has 0 saturated heterocycles. The first-order valence-corrected chi connectivity index (χ1v) is 6.56. The maximum atomic E-state index is 9.99. The molecule has 21 heavy (non-hydrogen) atoms. The van der Waals surface area contributed by atoms with Crippen LogP contribution in [0.3, 0.4) is 0 Å². The van der Waals surface area contributed by atoms with Gasteiger partial charge < -0.3 is 24.7 Å². The van der Waals surface area contributed by atoms with Gasteiger partial charge in [-0.25, -0.2) is 0 Å². The minimum absolute atomic E-state index is 0.273. The van der Waals surface area contributed by atoms with Crippen LogP contribution >= 0.6 is 0 Å². The summed E-state index contributed by atoms with van der Waals surface area (Å²) in [6.07, 6.45) is -0.747. The second-order valence-corrected chi connectivity index (χ2v) is 4.51. The van der Waals surface area contributed by atoms with Crippen molar-refractivity contribution in [3.8, 4) is 0 Å². The van der Waals surface area contributed by atoms with Gasteiger partial charge >= 0.3 is 0 Å². The molecule has 8 nitrogen and oxygen atoms in total. The normalized spacial score (nSPS) is 13.2. The Morgan fingerprint density at radius 2 is 2.19 bits per heavy atom. The topological polar surface area (TPSA) is 109 Å². The SMILES string of the molecule is CN=C(NCc1nc(C)no1)NCC(O)c1ccc(C)o1. The van der Waals surface area contributed by atoms with Crippen LogP contribution in [-0.2, 0) is 6.54 Å². The highest BCUT2D eigenvalue weighted by Gasteiger charge is 2.12. The van der Waals surface area contributed by atoms with E-state index < -0.39 is 6.10 Å². The van der Waals surface area contributed by atoms with E-state index in [9.17, 15) is 5.11 Å². The lowest BCUT2D eigenvalue weighted by Crippen LogP contribution is -2.39.